The molecule has 7 heteroatoms. The van der Waals surface area contributed by atoms with Crippen molar-refractivity contribution < 1.29 is 24.3 Å². The average Bonchev–Trinajstić information content (AvgIpc) is 2.47. The Balaban J connectivity index is 2.18. The lowest BCUT2D eigenvalue weighted by molar-refractivity contribution is -0.384. The van der Waals surface area contributed by atoms with Gasteiger partial charge in [0.25, 0.3) is 5.69 Å². The Labute approximate surface area is 119 Å². The van der Waals surface area contributed by atoms with Gasteiger partial charge in [0.2, 0.25) is 0 Å². The van der Waals surface area contributed by atoms with E-state index < -0.39 is 10.9 Å². The Kier molecular flexibility index (Phi) is 4.03. The molecule has 0 amide bonds. The molecule has 1 N–H and O–H groups in total. The van der Waals surface area contributed by atoms with Crippen molar-refractivity contribution in [2.75, 3.05) is 7.11 Å². The van der Waals surface area contributed by atoms with Gasteiger partial charge in [-0.2, -0.15) is 0 Å². The topological polar surface area (TPSA) is 98.9 Å². The number of rotatable bonds is 4. The monoisotopic (exact) mass is 289 g/mol. The van der Waals surface area contributed by atoms with Crippen molar-refractivity contribution in [3.05, 3.63) is 58.1 Å². The molecule has 0 aromatic heterocycles. The molecular formula is C14H11NO6. The summed E-state index contributed by atoms with van der Waals surface area (Å²) in [6, 6.07) is 9.58. The van der Waals surface area contributed by atoms with Crippen LogP contribution in [0.25, 0.3) is 0 Å². The van der Waals surface area contributed by atoms with Crippen LogP contribution in [0, 0.1) is 10.1 Å². The third-order valence-electron chi connectivity index (χ3n) is 2.66. The van der Waals surface area contributed by atoms with Gasteiger partial charge in [-0.1, -0.05) is 0 Å². The maximum Gasteiger partial charge on any atom is 0.341 e. The molecule has 0 unspecified atom stereocenters. The van der Waals surface area contributed by atoms with Crippen LogP contribution in [0.1, 0.15) is 10.4 Å². The highest BCUT2D eigenvalue weighted by atomic mass is 16.6. The molecule has 7 nitrogen and oxygen atoms in total. The number of phenols is 1. The zero-order valence-electron chi connectivity index (χ0n) is 11.0. The van der Waals surface area contributed by atoms with Crippen molar-refractivity contribution >= 4 is 11.7 Å². The van der Waals surface area contributed by atoms with E-state index in [1.165, 1.54) is 49.6 Å². The quantitative estimate of drug-likeness (QED) is 0.528. The molecule has 108 valence electrons. The van der Waals surface area contributed by atoms with E-state index in [4.69, 9.17) is 4.74 Å². The number of benzene rings is 2. The molecule has 2 aromatic rings. The van der Waals surface area contributed by atoms with Gasteiger partial charge in [-0.25, -0.2) is 4.79 Å². The predicted molar refractivity (Wildman–Crippen MR) is 72.6 cm³/mol. The van der Waals surface area contributed by atoms with Gasteiger partial charge in [-0.05, 0) is 24.3 Å². The van der Waals surface area contributed by atoms with Crippen LogP contribution in [0.5, 0.6) is 17.2 Å². The van der Waals surface area contributed by atoms with Crippen LogP contribution in [0.3, 0.4) is 0 Å². The van der Waals surface area contributed by atoms with E-state index in [-0.39, 0.29) is 22.7 Å². The normalized spacial score (nSPS) is 9.95. The third kappa shape index (κ3) is 3.27. The number of phenolic OH excluding ortho intramolecular Hbond substituents is 1. The van der Waals surface area contributed by atoms with Crippen molar-refractivity contribution in [3.8, 4) is 17.2 Å². The molecule has 0 aliphatic rings. The van der Waals surface area contributed by atoms with Crippen LogP contribution in [0.4, 0.5) is 5.69 Å². The van der Waals surface area contributed by atoms with Crippen LogP contribution in [0.2, 0.25) is 0 Å². The zero-order valence-corrected chi connectivity index (χ0v) is 11.0. The number of ether oxygens (including phenoxy) is 2. The number of carbonyl (C=O) groups excluding carboxylic acids is 1. The number of hydrogen-bond donors (Lipinski definition) is 1. The second kappa shape index (κ2) is 5.91. The average molecular weight is 289 g/mol. The number of carbonyl (C=O) groups is 1. The summed E-state index contributed by atoms with van der Waals surface area (Å²) in [4.78, 5) is 21.3. The first kappa shape index (κ1) is 14.3. The fourth-order valence-electron chi connectivity index (χ4n) is 1.63. The SMILES string of the molecule is COC(=O)c1ccc(Oc2ccc([N+](=O)[O-])cc2)cc1O. The first-order valence-electron chi connectivity index (χ1n) is 5.85. The largest absolute Gasteiger partial charge is 0.507 e. The first-order valence-corrected chi connectivity index (χ1v) is 5.85. The number of non-ortho nitro benzene ring substituents is 1. The Hall–Kier alpha value is -3.09. The van der Waals surface area contributed by atoms with Gasteiger partial charge in [0, 0.05) is 18.2 Å². The molecule has 2 rings (SSSR count). The van der Waals surface area contributed by atoms with E-state index >= 15 is 0 Å². The smallest absolute Gasteiger partial charge is 0.341 e. The lowest BCUT2D eigenvalue weighted by atomic mass is 10.2. The Bertz CT molecular complexity index is 680. The van der Waals surface area contributed by atoms with E-state index in [1.807, 2.05) is 0 Å². The van der Waals surface area contributed by atoms with Gasteiger partial charge in [0.15, 0.2) is 0 Å². The number of esters is 1. The van der Waals surface area contributed by atoms with E-state index in [0.29, 0.717) is 5.75 Å². The molecule has 0 saturated carbocycles. The third-order valence-corrected chi connectivity index (χ3v) is 2.66. The fourth-order valence-corrected chi connectivity index (χ4v) is 1.63. The molecular weight excluding hydrogens is 278 g/mol. The van der Waals surface area contributed by atoms with Crippen molar-refractivity contribution in [1.82, 2.24) is 0 Å². The molecule has 0 fully saturated rings. The molecule has 21 heavy (non-hydrogen) atoms. The molecule has 0 radical (unpaired) electrons. The standard InChI is InChI=1S/C14H11NO6/c1-20-14(17)12-7-6-11(8-13(12)16)21-10-4-2-9(3-5-10)15(18)19/h2-8,16H,1H3. The number of nitro groups is 1. The molecule has 0 aliphatic carbocycles. The van der Waals surface area contributed by atoms with Gasteiger partial charge in [0.1, 0.15) is 22.8 Å². The maximum atomic E-state index is 11.3. The van der Waals surface area contributed by atoms with E-state index in [9.17, 15) is 20.0 Å². The molecule has 0 bridgehead atoms. The summed E-state index contributed by atoms with van der Waals surface area (Å²) in [7, 11) is 1.21. The highest BCUT2D eigenvalue weighted by Crippen LogP contribution is 2.28. The lowest BCUT2D eigenvalue weighted by Crippen LogP contribution is -2.01. The Morgan fingerprint density at radius 1 is 1.14 bits per heavy atom. The van der Waals surface area contributed by atoms with Crippen molar-refractivity contribution in [2.24, 2.45) is 0 Å². The maximum absolute atomic E-state index is 11.3. The van der Waals surface area contributed by atoms with Crippen LogP contribution in [0.15, 0.2) is 42.5 Å². The van der Waals surface area contributed by atoms with Gasteiger partial charge >= 0.3 is 5.97 Å². The predicted octanol–water partition coefficient (Wildman–Crippen LogP) is 2.88. The second-order valence-corrected chi connectivity index (χ2v) is 4.02. The van der Waals surface area contributed by atoms with Gasteiger partial charge in [0.05, 0.1) is 12.0 Å². The summed E-state index contributed by atoms with van der Waals surface area (Å²) >= 11 is 0. The zero-order chi connectivity index (χ0) is 15.4. The molecule has 0 spiro atoms. The van der Waals surface area contributed by atoms with Crippen molar-refractivity contribution in [2.45, 2.75) is 0 Å². The number of nitro benzene ring substituents is 1. The molecule has 0 aliphatic heterocycles. The van der Waals surface area contributed by atoms with Crippen LogP contribution in [-0.2, 0) is 4.74 Å². The molecule has 0 saturated heterocycles. The number of aromatic hydroxyl groups is 1. The summed E-state index contributed by atoms with van der Waals surface area (Å²) in [5, 5.41) is 20.3. The Morgan fingerprint density at radius 2 is 1.76 bits per heavy atom. The first-order chi connectivity index (χ1) is 10.0. The van der Waals surface area contributed by atoms with E-state index in [1.54, 1.807) is 0 Å². The summed E-state index contributed by atoms with van der Waals surface area (Å²) in [6.07, 6.45) is 0. The van der Waals surface area contributed by atoms with Gasteiger partial charge in [-0.15, -0.1) is 0 Å². The fraction of sp³-hybridized carbons (Fsp3) is 0.0714. The number of hydrogen-bond acceptors (Lipinski definition) is 6. The van der Waals surface area contributed by atoms with Gasteiger partial charge < -0.3 is 14.6 Å². The van der Waals surface area contributed by atoms with E-state index in [2.05, 4.69) is 4.74 Å². The Morgan fingerprint density at radius 3 is 2.29 bits per heavy atom. The molecule has 0 heterocycles. The lowest BCUT2D eigenvalue weighted by Gasteiger charge is -2.08. The van der Waals surface area contributed by atoms with Crippen molar-refractivity contribution in [3.63, 3.8) is 0 Å². The number of nitrogens with zero attached hydrogens (tertiary/aromatic N) is 1. The highest BCUT2D eigenvalue weighted by Gasteiger charge is 2.12. The summed E-state index contributed by atoms with van der Waals surface area (Å²) in [5.74, 6) is -0.282. The summed E-state index contributed by atoms with van der Waals surface area (Å²) < 4.78 is 9.93. The number of methoxy groups -OCH3 is 1. The second-order valence-electron chi connectivity index (χ2n) is 4.02. The van der Waals surface area contributed by atoms with Crippen molar-refractivity contribution in [1.29, 1.82) is 0 Å². The van der Waals surface area contributed by atoms with Crippen LogP contribution < -0.4 is 4.74 Å². The molecule has 0 atom stereocenters. The van der Waals surface area contributed by atoms with Crippen LogP contribution >= 0.6 is 0 Å². The molecule has 2 aromatic carbocycles. The highest BCUT2D eigenvalue weighted by molar-refractivity contribution is 5.92. The minimum atomic E-state index is -0.658. The van der Waals surface area contributed by atoms with Gasteiger partial charge in [-0.3, -0.25) is 10.1 Å². The minimum absolute atomic E-state index is 0.0218. The minimum Gasteiger partial charge on any atom is -0.507 e. The van der Waals surface area contributed by atoms with E-state index in [0.717, 1.165) is 0 Å². The van der Waals surface area contributed by atoms with Crippen LogP contribution in [-0.4, -0.2) is 23.1 Å². The summed E-state index contributed by atoms with van der Waals surface area (Å²) in [6.45, 7) is 0. The summed E-state index contributed by atoms with van der Waals surface area (Å²) in [5.41, 5.74) is -0.0280.